The molecule has 0 aliphatic heterocycles. The summed E-state index contributed by atoms with van der Waals surface area (Å²) in [6.45, 7) is 6.09. The largest absolute Gasteiger partial charge is 0.384 e. The van der Waals surface area contributed by atoms with Crippen molar-refractivity contribution < 1.29 is 9.90 Å². The summed E-state index contributed by atoms with van der Waals surface area (Å²) in [4.78, 5) is 10.7. The maximum atomic E-state index is 10.7. The second-order valence-electron chi connectivity index (χ2n) is 2.81. The Morgan fingerprint density at radius 3 is 2.30 bits per heavy atom. The molecule has 0 bridgehead atoms. The summed E-state index contributed by atoms with van der Waals surface area (Å²) < 4.78 is 0. The number of hydrogen-bond acceptors (Lipinski definition) is 2. The minimum Gasteiger partial charge on any atom is -0.384 e. The van der Waals surface area contributed by atoms with Crippen LogP contribution in [0.15, 0.2) is 0 Å². The van der Waals surface area contributed by atoms with E-state index in [4.69, 9.17) is 5.11 Å². The second-order valence-corrected chi connectivity index (χ2v) is 2.81. The number of aliphatic hydroxyl groups is 1. The molecule has 0 aliphatic carbocycles. The summed E-state index contributed by atoms with van der Waals surface area (Å²) in [6, 6.07) is 0. The van der Waals surface area contributed by atoms with E-state index in [9.17, 15) is 4.79 Å². The van der Waals surface area contributed by atoms with Crippen LogP contribution < -0.4 is 5.32 Å². The van der Waals surface area contributed by atoms with Gasteiger partial charge in [0.05, 0.1) is 0 Å². The van der Waals surface area contributed by atoms with E-state index in [0.717, 1.165) is 0 Å². The zero-order chi connectivity index (χ0) is 8.15. The lowest BCUT2D eigenvalue weighted by atomic mass is 10.2. The molecule has 1 amide bonds. The molecule has 0 aromatic carbocycles. The van der Waals surface area contributed by atoms with Crippen molar-refractivity contribution in [1.29, 1.82) is 0 Å². The Hall–Kier alpha value is -0.570. The van der Waals surface area contributed by atoms with Gasteiger partial charge in [-0.2, -0.15) is 0 Å². The number of carbonyl (C=O) groups excluding carboxylic acids is 1. The first-order valence-electron chi connectivity index (χ1n) is 3.49. The van der Waals surface area contributed by atoms with Gasteiger partial charge in [-0.3, -0.25) is 4.79 Å². The molecule has 10 heavy (non-hydrogen) atoms. The average molecular weight is 145 g/mol. The molecule has 3 heteroatoms. The van der Waals surface area contributed by atoms with Gasteiger partial charge in [0.1, 0.15) is 6.10 Å². The molecular formula is C7H15NO2. The fraction of sp³-hybridized carbons (Fsp3) is 0.857. The first kappa shape index (κ1) is 9.43. The standard InChI is InChI=1S/C7H15NO2/c1-5(2)4-8-7(10)6(3)9/h5-6,9H,4H2,1-3H3,(H,8,10)/t6-/m1/s1. The van der Waals surface area contributed by atoms with Crippen LogP contribution in [0.2, 0.25) is 0 Å². The Labute approximate surface area is 61.4 Å². The van der Waals surface area contributed by atoms with Gasteiger partial charge in [0, 0.05) is 6.54 Å². The molecule has 0 fully saturated rings. The molecule has 60 valence electrons. The van der Waals surface area contributed by atoms with Gasteiger partial charge in [0.15, 0.2) is 0 Å². The number of nitrogens with one attached hydrogen (secondary N) is 1. The van der Waals surface area contributed by atoms with Gasteiger partial charge in [-0.15, -0.1) is 0 Å². The van der Waals surface area contributed by atoms with Gasteiger partial charge in [-0.25, -0.2) is 0 Å². The summed E-state index contributed by atoms with van der Waals surface area (Å²) in [5.74, 6) is 0.136. The SMILES string of the molecule is CC(C)CNC(=O)[C@@H](C)O. The summed E-state index contributed by atoms with van der Waals surface area (Å²) >= 11 is 0. The van der Waals surface area contributed by atoms with Crippen LogP contribution in [0.25, 0.3) is 0 Å². The van der Waals surface area contributed by atoms with E-state index >= 15 is 0 Å². The molecule has 0 aromatic rings. The summed E-state index contributed by atoms with van der Waals surface area (Å²) in [7, 11) is 0. The minimum absolute atomic E-state index is 0.297. The molecule has 2 N–H and O–H groups in total. The average Bonchev–Trinajstić information content (AvgIpc) is 1.82. The smallest absolute Gasteiger partial charge is 0.248 e. The minimum atomic E-state index is -0.890. The van der Waals surface area contributed by atoms with Crippen LogP contribution in [-0.4, -0.2) is 23.7 Å². The number of aliphatic hydroxyl groups excluding tert-OH is 1. The molecule has 0 spiro atoms. The Kier molecular flexibility index (Phi) is 4.03. The van der Waals surface area contributed by atoms with Crippen molar-refractivity contribution in [3.63, 3.8) is 0 Å². The van der Waals surface area contributed by atoms with Crippen molar-refractivity contribution in [2.45, 2.75) is 26.9 Å². The van der Waals surface area contributed by atoms with Crippen molar-refractivity contribution in [3.05, 3.63) is 0 Å². The zero-order valence-corrected chi connectivity index (χ0v) is 6.72. The second kappa shape index (κ2) is 4.28. The van der Waals surface area contributed by atoms with Crippen LogP contribution in [0.4, 0.5) is 0 Å². The fourth-order valence-electron chi connectivity index (χ4n) is 0.452. The van der Waals surface area contributed by atoms with E-state index < -0.39 is 6.10 Å². The zero-order valence-electron chi connectivity index (χ0n) is 6.72. The van der Waals surface area contributed by atoms with Gasteiger partial charge >= 0.3 is 0 Å². The monoisotopic (exact) mass is 145 g/mol. The molecular weight excluding hydrogens is 130 g/mol. The number of rotatable bonds is 3. The van der Waals surface area contributed by atoms with Crippen molar-refractivity contribution in [2.24, 2.45) is 5.92 Å². The summed E-state index contributed by atoms with van der Waals surface area (Å²) in [5, 5.41) is 11.3. The van der Waals surface area contributed by atoms with E-state index in [1.165, 1.54) is 6.92 Å². The van der Waals surface area contributed by atoms with Gasteiger partial charge in [-0.05, 0) is 12.8 Å². The Morgan fingerprint density at radius 1 is 1.50 bits per heavy atom. The van der Waals surface area contributed by atoms with Crippen molar-refractivity contribution in [3.8, 4) is 0 Å². The first-order valence-corrected chi connectivity index (χ1v) is 3.49. The van der Waals surface area contributed by atoms with Crippen LogP contribution >= 0.6 is 0 Å². The quantitative estimate of drug-likeness (QED) is 0.593. The third-order valence-electron chi connectivity index (χ3n) is 1.06. The molecule has 1 atom stereocenters. The highest BCUT2D eigenvalue weighted by Crippen LogP contribution is 1.87. The topological polar surface area (TPSA) is 49.3 Å². The van der Waals surface area contributed by atoms with Gasteiger partial charge in [0.25, 0.3) is 0 Å². The number of amides is 1. The maximum Gasteiger partial charge on any atom is 0.248 e. The molecule has 0 radical (unpaired) electrons. The normalized spacial score (nSPS) is 13.3. The van der Waals surface area contributed by atoms with Crippen LogP contribution in [0.1, 0.15) is 20.8 Å². The van der Waals surface area contributed by atoms with E-state index in [0.29, 0.717) is 12.5 Å². The lowest BCUT2D eigenvalue weighted by molar-refractivity contribution is -0.128. The maximum absolute atomic E-state index is 10.7. The Bertz CT molecular complexity index is 110. The lowest BCUT2D eigenvalue weighted by Crippen LogP contribution is -2.34. The van der Waals surface area contributed by atoms with E-state index in [1.807, 2.05) is 13.8 Å². The van der Waals surface area contributed by atoms with Crippen LogP contribution in [0.5, 0.6) is 0 Å². The van der Waals surface area contributed by atoms with Crippen LogP contribution in [0, 0.1) is 5.92 Å². The molecule has 0 heterocycles. The molecule has 0 unspecified atom stereocenters. The molecule has 0 rings (SSSR count). The Balaban J connectivity index is 3.40. The van der Waals surface area contributed by atoms with Gasteiger partial charge in [0.2, 0.25) is 5.91 Å². The predicted octanol–water partition coefficient (Wildman–Crippen LogP) is 0.139. The van der Waals surface area contributed by atoms with E-state index in [2.05, 4.69) is 5.32 Å². The van der Waals surface area contributed by atoms with Crippen LogP contribution in [0.3, 0.4) is 0 Å². The lowest BCUT2D eigenvalue weighted by Gasteiger charge is -2.08. The molecule has 0 saturated heterocycles. The van der Waals surface area contributed by atoms with E-state index in [1.54, 1.807) is 0 Å². The van der Waals surface area contributed by atoms with Crippen molar-refractivity contribution in [1.82, 2.24) is 5.32 Å². The van der Waals surface area contributed by atoms with Gasteiger partial charge < -0.3 is 10.4 Å². The predicted molar refractivity (Wildman–Crippen MR) is 39.5 cm³/mol. The molecule has 0 aliphatic rings. The van der Waals surface area contributed by atoms with Crippen LogP contribution in [-0.2, 0) is 4.79 Å². The third-order valence-corrected chi connectivity index (χ3v) is 1.06. The first-order chi connectivity index (χ1) is 4.54. The highest BCUT2D eigenvalue weighted by Gasteiger charge is 2.07. The molecule has 0 saturated carbocycles. The van der Waals surface area contributed by atoms with Gasteiger partial charge in [-0.1, -0.05) is 13.8 Å². The highest BCUT2D eigenvalue weighted by molar-refractivity contribution is 5.79. The molecule has 3 nitrogen and oxygen atoms in total. The van der Waals surface area contributed by atoms with Crippen molar-refractivity contribution >= 4 is 5.91 Å². The highest BCUT2D eigenvalue weighted by atomic mass is 16.3. The Morgan fingerprint density at radius 2 is 2.00 bits per heavy atom. The summed E-state index contributed by atoms with van der Waals surface area (Å²) in [6.07, 6.45) is -0.890. The third kappa shape index (κ3) is 4.32. The summed E-state index contributed by atoms with van der Waals surface area (Å²) in [5.41, 5.74) is 0. The number of carbonyl (C=O) groups is 1. The molecule has 0 aromatic heterocycles. The van der Waals surface area contributed by atoms with Crippen molar-refractivity contribution in [2.75, 3.05) is 6.54 Å². The number of hydrogen-bond donors (Lipinski definition) is 2. The van der Waals surface area contributed by atoms with E-state index in [-0.39, 0.29) is 5.91 Å². The fourth-order valence-corrected chi connectivity index (χ4v) is 0.452.